The lowest BCUT2D eigenvalue weighted by Crippen LogP contribution is -2.05. The van der Waals surface area contributed by atoms with Crippen LogP contribution in [0.15, 0.2) is 4.60 Å². The first kappa shape index (κ1) is 8.68. The van der Waals surface area contributed by atoms with Crippen molar-refractivity contribution in [1.82, 2.24) is 15.0 Å². The normalized spacial score (nSPS) is 16.1. The van der Waals surface area contributed by atoms with Crippen LogP contribution in [-0.4, -0.2) is 26.1 Å². The van der Waals surface area contributed by atoms with Gasteiger partial charge in [0.25, 0.3) is 0 Å². The molecule has 0 unspecified atom stereocenters. The van der Waals surface area contributed by atoms with E-state index in [2.05, 4.69) is 26.1 Å². The molecule has 70 valence electrons. The third-order valence-electron chi connectivity index (χ3n) is 1.94. The molecular weight excluding hydrogens is 238 g/mol. The summed E-state index contributed by atoms with van der Waals surface area (Å²) in [5, 5.41) is 16.5. The van der Waals surface area contributed by atoms with Crippen molar-refractivity contribution in [3.8, 4) is 0 Å². The Hall–Kier alpha value is -0.910. The van der Waals surface area contributed by atoms with E-state index in [-0.39, 0.29) is 5.69 Å². The van der Waals surface area contributed by atoms with Gasteiger partial charge in [-0.25, -0.2) is 4.79 Å². The largest absolute Gasteiger partial charge is 0.476 e. The van der Waals surface area contributed by atoms with Crippen LogP contribution in [0.3, 0.4) is 0 Å². The standard InChI is InChI=1S/C7H8BrN3O2/c8-6-5(7(12)13)9-11(10-6)3-4-1-2-4/h4H,1-3H2,(H,12,13). The zero-order valence-electron chi connectivity index (χ0n) is 6.77. The van der Waals surface area contributed by atoms with E-state index in [1.54, 1.807) is 0 Å². The third-order valence-corrected chi connectivity index (χ3v) is 2.47. The maximum absolute atomic E-state index is 10.6. The molecule has 0 radical (unpaired) electrons. The molecule has 1 heterocycles. The van der Waals surface area contributed by atoms with Crippen molar-refractivity contribution in [2.45, 2.75) is 19.4 Å². The van der Waals surface area contributed by atoms with E-state index >= 15 is 0 Å². The molecule has 2 rings (SSSR count). The van der Waals surface area contributed by atoms with Crippen molar-refractivity contribution >= 4 is 21.9 Å². The van der Waals surface area contributed by atoms with Gasteiger partial charge in [0.1, 0.15) is 0 Å². The Morgan fingerprint density at radius 2 is 2.31 bits per heavy atom. The van der Waals surface area contributed by atoms with Crippen LogP contribution in [0, 0.1) is 5.92 Å². The number of carboxylic acid groups (broad SMARTS) is 1. The molecule has 0 aliphatic heterocycles. The third kappa shape index (κ3) is 1.88. The summed E-state index contributed by atoms with van der Waals surface area (Å²) in [6, 6.07) is 0. The second kappa shape index (κ2) is 3.10. The number of carbonyl (C=O) groups is 1. The van der Waals surface area contributed by atoms with Crippen molar-refractivity contribution in [3.05, 3.63) is 10.3 Å². The van der Waals surface area contributed by atoms with E-state index in [9.17, 15) is 4.79 Å². The molecule has 1 aromatic heterocycles. The molecule has 1 aromatic rings. The van der Waals surface area contributed by atoms with Crippen LogP contribution in [0.25, 0.3) is 0 Å². The van der Waals surface area contributed by atoms with E-state index < -0.39 is 5.97 Å². The molecule has 13 heavy (non-hydrogen) atoms. The molecule has 0 aromatic carbocycles. The second-order valence-corrected chi connectivity index (χ2v) is 3.89. The highest BCUT2D eigenvalue weighted by molar-refractivity contribution is 9.10. The van der Waals surface area contributed by atoms with Crippen molar-refractivity contribution in [1.29, 1.82) is 0 Å². The minimum Gasteiger partial charge on any atom is -0.476 e. The fraction of sp³-hybridized carbons (Fsp3) is 0.571. The van der Waals surface area contributed by atoms with Gasteiger partial charge in [-0.15, -0.1) is 10.2 Å². The molecule has 5 nitrogen and oxygen atoms in total. The minimum atomic E-state index is -1.05. The van der Waals surface area contributed by atoms with Gasteiger partial charge < -0.3 is 5.11 Å². The van der Waals surface area contributed by atoms with Gasteiger partial charge in [0.15, 0.2) is 4.60 Å². The first-order valence-corrected chi connectivity index (χ1v) is 4.80. The van der Waals surface area contributed by atoms with Gasteiger partial charge in [0.05, 0.1) is 6.54 Å². The van der Waals surface area contributed by atoms with Crippen LogP contribution in [-0.2, 0) is 6.54 Å². The summed E-state index contributed by atoms with van der Waals surface area (Å²) in [6.07, 6.45) is 2.39. The topological polar surface area (TPSA) is 68.0 Å². The Balaban J connectivity index is 2.18. The summed E-state index contributed by atoms with van der Waals surface area (Å²) in [6.45, 7) is 0.728. The van der Waals surface area contributed by atoms with Crippen LogP contribution < -0.4 is 0 Å². The molecule has 0 saturated heterocycles. The van der Waals surface area contributed by atoms with Gasteiger partial charge in [-0.1, -0.05) is 0 Å². The fourth-order valence-electron chi connectivity index (χ4n) is 1.07. The predicted octanol–water partition coefficient (Wildman–Crippen LogP) is 1.15. The van der Waals surface area contributed by atoms with Crippen LogP contribution in [0.1, 0.15) is 23.3 Å². The summed E-state index contributed by atoms with van der Waals surface area (Å²) >= 11 is 3.05. The first-order chi connectivity index (χ1) is 6.16. The SMILES string of the molecule is O=C(O)c1nn(CC2CC2)nc1Br. The summed E-state index contributed by atoms with van der Waals surface area (Å²) in [5.74, 6) is -0.408. The van der Waals surface area contributed by atoms with E-state index in [1.165, 1.54) is 17.6 Å². The Morgan fingerprint density at radius 1 is 1.62 bits per heavy atom. The predicted molar refractivity (Wildman–Crippen MR) is 47.4 cm³/mol. The molecule has 1 saturated carbocycles. The molecule has 1 fully saturated rings. The number of carboxylic acids is 1. The number of hydrogen-bond donors (Lipinski definition) is 1. The zero-order chi connectivity index (χ0) is 9.42. The van der Waals surface area contributed by atoms with Crippen LogP contribution >= 0.6 is 15.9 Å². The van der Waals surface area contributed by atoms with E-state index in [1.807, 2.05) is 0 Å². The number of nitrogens with zero attached hydrogens (tertiary/aromatic N) is 3. The lowest BCUT2D eigenvalue weighted by molar-refractivity contribution is 0.0688. The van der Waals surface area contributed by atoms with Crippen molar-refractivity contribution in [3.63, 3.8) is 0 Å². The lowest BCUT2D eigenvalue weighted by Gasteiger charge is -1.93. The van der Waals surface area contributed by atoms with Crippen molar-refractivity contribution < 1.29 is 9.90 Å². The highest BCUT2D eigenvalue weighted by Gasteiger charge is 2.24. The van der Waals surface area contributed by atoms with E-state index in [0.717, 1.165) is 6.54 Å². The van der Waals surface area contributed by atoms with Gasteiger partial charge in [0, 0.05) is 0 Å². The molecule has 1 aliphatic carbocycles. The Kier molecular flexibility index (Phi) is 2.07. The molecule has 1 aliphatic rings. The smallest absolute Gasteiger partial charge is 0.359 e. The van der Waals surface area contributed by atoms with E-state index in [4.69, 9.17) is 5.11 Å². The minimum absolute atomic E-state index is 0.0133. The number of aromatic carboxylic acids is 1. The summed E-state index contributed by atoms with van der Waals surface area (Å²) in [7, 11) is 0. The van der Waals surface area contributed by atoms with Crippen LogP contribution in [0.5, 0.6) is 0 Å². The highest BCUT2D eigenvalue weighted by Crippen LogP contribution is 2.30. The summed E-state index contributed by atoms with van der Waals surface area (Å²) in [4.78, 5) is 12.0. The second-order valence-electron chi connectivity index (χ2n) is 3.14. The zero-order valence-corrected chi connectivity index (χ0v) is 8.36. The quantitative estimate of drug-likeness (QED) is 0.868. The lowest BCUT2D eigenvalue weighted by atomic mass is 10.4. The number of rotatable bonds is 3. The Morgan fingerprint density at radius 3 is 2.77 bits per heavy atom. The molecular formula is C7H8BrN3O2. The van der Waals surface area contributed by atoms with E-state index in [0.29, 0.717) is 10.5 Å². The van der Waals surface area contributed by atoms with Crippen LogP contribution in [0.4, 0.5) is 0 Å². The average Bonchev–Trinajstić information content (AvgIpc) is 2.75. The van der Waals surface area contributed by atoms with Gasteiger partial charge in [-0.05, 0) is 34.7 Å². The monoisotopic (exact) mass is 245 g/mol. The fourth-order valence-corrected chi connectivity index (χ4v) is 1.50. The molecule has 0 atom stereocenters. The van der Waals surface area contributed by atoms with Gasteiger partial charge >= 0.3 is 5.97 Å². The van der Waals surface area contributed by atoms with Gasteiger partial charge in [-0.2, -0.15) is 4.80 Å². The highest BCUT2D eigenvalue weighted by atomic mass is 79.9. The molecule has 0 bridgehead atoms. The van der Waals surface area contributed by atoms with Crippen LogP contribution in [0.2, 0.25) is 0 Å². The first-order valence-electron chi connectivity index (χ1n) is 4.00. The number of halogens is 1. The van der Waals surface area contributed by atoms with Gasteiger partial charge in [0.2, 0.25) is 5.69 Å². The number of aromatic nitrogens is 3. The maximum atomic E-state index is 10.6. The summed E-state index contributed by atoms with van der Waals surface area (Å²) < 4.78 is 0.306. The Bertz CT molecular complexity index is 346. The van der Waals surface area contributed by atoms with Crippen molar-refractivity contribution in [2.75, 3.05) is 0 Å². The summed E-state index contributed by atoms with van der Waals surface area (Å²) in [5.41, 5.74) is -0.0133. The van der Waals surface area contributed by atoms with Crippen molar-refractivity contribution in [2.24, 2.45) is 5.92 Å². The molecule has 6 heteroatoms. The average molecular weight is 246 g/mol. The number of hydrogen-bond acceptors (Lipinski definition) is 3. The van der Waals surface area contributed by atoms with Gasteiger partial charge in [-0.3, -0.25) is 0 Å². The Labute approximate surface area is 82.9 Å². The maximum Gasteiger partial charge on any atom is 0.359 e. The molecule has 0 amide bonds. The molecule has 1 N–H and O–H groups in total. The molecule has 0 spiro atoms.